The van der Waals surface area contributed by atoms with Crippen molar-refractivity contribution >= 4 is 27.5 Å². The maximum atomic E-state index is 12.9. The molecule has 1 saturated heterocycles. The van der Waals surface area contributed by atoms with Gasteiger partial charge in [0.2, 0.25) is 0 Å². The van der Waals surface area contributed by atoms with Crippen LogP contribution in [0.4, 0.5) is 0 Å². The highest BCUT2D eigenvalue weighted by Gasteiger charge is 2.36. The van der Waals surface area contributed by atoms with Crippen molar-refractivity contribution in [3.05, 3.63) is 65.2 Å². The fourth-order valence-electron chi connectivity index (χ4n) is 4.06. The molecule has 1 aromatic heterocycles. The van der Waals surface area contributed by atoms with Crippen LogP contribution in [0.3, 0.4) is 0 Å². The van der Waals surface area contributed by atoms with Crippen molar-refractivity contribution in [2.24, 2.45) is 0 Å². The third kappa shape index (κ3) is 4.09. The molecule has 2 aromatic carbocycles. The first-order valence-corrected chi connectivity index (χ1v) is 10.7. The van der Waals surface area contributed by atoms with Crippen molar-refractivity contribution in [2.45, 2.75) is 12.6 Å². The molecule has 146 valence electrons. The number of hydrogen-bond acceptors (Lipinski definition) is 3. The van der Waals surface area contributed by atoms with Crippen LogP contribution in [-0.2, 0) is 11.3 Å². The average molecular weight is 397 g/mol. The molecule has 6 heteroatoms. The molecule has 0 aliphatic carbocycles. The van der Waals surface area contributed by atoms with E-state index in [-0.39, 0.29) is 11.9 Å². The highest BCUT2D eigenvalue weighted by atomic mass is 32.1. The van der Waals surface area contributed by atoms with Crippen LogP contribution in [0.15, 0.2) is 54.6 Å². The number of quaternary nitrogens is 2. The van der Waals surface area contributed by atoms with Gasteiger partial charge in [0.05, 0.1) is 10.2 Å². The maximum absolute atomic E-state index is 12.9. The lowest BCUT2D eigenvalue weighted by Crippen LogP contribution is -3.28. The van der Waals surface area contributed by atoms with E-state index in [0.29, 0.717) is 0 Å². The number of thiazole rings is 1. The van der Waals surface area contributed by atoms with Crippen molar-refractivity contribution in [3.63, 3.8) is 0 Å². The predicted molar refractivity (Wildman–Crippen MR) is 113 cm³/mol. The Labute approximate surface area is 170 Å². The molecule has 3 aromatic rings. The highest BCUT2D eigenvalue weighted by molar-refractivity contribution is 7.18. The molecule has 0 bridgehead atoms. The van der Waals surface area contributed by atoms with Crippen LogP contribution < -0.4 is 9.80 Å². The number of benzene rings is 2. The normalized spacial score (nSPS) is 20.8. The fraction of sp³-hybridized carbons (Fsp3) is 0.364. The van der Waals surface area contributed by atoms with Gasteiger partial charge in [0.15, 0.2) is 6.04 Å². The van der Waals surface area contributed by atoms with Crippen LogP contribution in [0.25, 0.3) is 10.2 Å². The van der Waals surface area contributed by atoms with Crippen molar-refractivity contribution in [1.29, 1.82) is 0 Å². The second-order valence-electron chi connectivity index (χ2n) is 7.74. The summed E-state index contributed by atoms with van der Waals surface area (Å²) in [4.78, 5) is 22.4. The SMILES string of the molecule is CN(C)C(=O)[C@H](c1ccccc1)[NH+]1CC[NH+](Cc2nc3ccccc3s2)CC1. The first kappa shape index (κ1) is 19.1. The Balaban J connectivity index is 1.43. The Hall–Kier alpha value is -2.28. The molecule has 0 spiro atoms. The molecule has 1 fully saturated rings. The van der Waals surface area contributed by atoms with Gasteiger partial charge < -0.3 is 14.7 Å². The molecule has 1 atom stereocenters. The smallest absolute Gasteiger partial charge is 0.285 e. The summed E-state index contributed by atoms with van der Waals surface area (Å²) in [5.74, 6) is 0.191. The number of nitrogens with zero attached hydrogens (tertiary/aromatic N) is 2. The number of likely N-dealkylation sites (N-methyl/N-ethyl adjacent to an activating group) is 1. The van der Waals surface area contributed by atoms with E-state index in [9.17, 15) is 4.79 Å². The number of nitrogens with one attached hydrogen (secondary N) is 2. The van der Waals surface area contributed by atoms with E-state index < -0.39 is 0 Å². The Kier molecular flexibility index (Phi) is 5.71. The van der Waals surface area contributed by atoms with Gasteiger partial charge in [-0.3, -0.25) is 4.79 Å². The molecule has 0 radical (unpaired) electrons. The summed E-state index contributed by atoms with van der Waals surface area (Å²) in [5, 5.41) is 1.21. The summed E-state index contributed by atoms with van der Waals surface area (Å²) < 4.78 is 1.27. The largest absolute Gasteiger partial charge is 0.343 e. The summed E-state index contributed by atoms with van der Waals surface area (Å²) in [7, 11) is 3.71. The lowest BCUT2D eigenvalue weighted by Gasteiger charge is -2.34. The zero-order chi connectivity index (χ0) is 19.5. The number of rotatable bonds is 5. The van der Waals surface area contributed by atoms with Gasteiger partial charge in [-0.25, -0.2) is 4.98 Å². The number of para-hydroxylation sites is 1. The van der Waals surface area contributed by atoms with Gasteiger partial charge in [-0.1, -0.05) is 42.5 Å². The Morgan fingerprint density at radius 2 is 1.71 bits per heavy atom. The Bertz CT molecular complexity index is 899. The number of amides is 1. The summed E-state index contributed by atoms with van der Waals surface area (Å²) in [6.45, 7) is 5.10. The zero-order valence-electron chi connectivity index (χ0n) is 16.5. The molecule has 2 N–H and O–H groups in total. The van der Waals surface area contributed by atoms with Crippen LogP contribution in [0.1, 0.15) is 16.6 Å². The number of fused-ring (bicyclic) bond motifs is 1. The van der Waals surface area contributed by atoms with Crippen LogP contribution in [-0.4, -0.2) is 56.1 Å². The van der Waals surface area contributed by atoms with Crippen LogP contribution >= 0.6 is 11.3 Å². The lowest BCUT2D eigenvalue weighted by atomic mass is 10.0. The van der Waals surface area contributed by atoms with Crippen LogP contribution in [0.2, 0.25) is 0 Å². The van der Waals surface area contributed by atoms with E-state index in [0.717, 1.165) is 43.8 Å². The standard InChI is InChI=1S/C22H26N4OS/c1-24(2)22(27)21(17-8-4-3-5-9-17)26-14-12-25(13-15-26)16-20-23-18-10-6-7-11-19(18)28-20/h3-11,21H,12-16H2,1-2H3/p+2/t21-/m0/s1. The van der Waals surface area contributed by atoms with Gasteiger partial charge in [0.1, 0.15) is 37.7 Å². The van der Waals surface area contributed by atoms with Crippen LogP contribution in [0.5, 0.6) is 0 Å². The van der Waals surface area contributed by atoms with E-state index in [1.54, 1.807) is 21.1 Å². The molecule has 4 rings (SSSR count). The Morgan fingerprint density at radius 1 is 1.04 bits per heavy atom. The van der Waals surface area contributed by atoms with Gasteiger partial charge in [0, 0.05) is 19.7 Å². The molecule has 28 heavy (non-hydrogen) atoms. The summed E-state index contributed by atoms with van der Waals surface area (Å²) in [6.07, 6.45) is 0. The minimum absolute atomic E-state index is 0.111. The predicted octanol–water partition coefficient (Wildman–Crippen LogP) is 0.409. The molecular weight excluding hydrogens is 368 g/mol. The fourth-order valence-corrected chi connectivity index (χ4v) is 5.10. The zero-order valence-corrected chi connectivity index (χ0v) is 17.3. The van der Waals surface area contributed by atoms with Gasteiger partial charge in [-0.2, -0.15) is 0 Å². The lowest BCUT2D eigenvalue weighted by molar-refractivity contribution is -1.03. The summed E-state index contributed by atoms with van der Waals surface area (Å²) in [6, 6.07) is 18.5. The number of carbonyl (C=O) groups is 1. The van der Waals surface area contributed by atoms with Gasteiger partial charge in [-0.05, 0) is 12.1 Å². The minimum Gasteiger partial charge on any atom is -0.343 e. The van der Waals surface area contributed by atoms with E-state index >= 15 is 0 Å². The summed E-state index contributed by atoms with van der Waals surface area (Å²) >= 11 is 1.80. The van der Waals surface area contributed by atoms with E-state index in [1.807, 2.05) is 38.4 Å². The van der Waals surface area contributed by atoms with Crippen molar-refractivity contribution < 1.29 is 14.6 Å². The molecule has 1 amide bonds. The number of hydrogen-bond donors (Lipinski definition) is 2. The quantitative estimate of drug-likeness (QED) is 0.656. The van der Waals surface area contributed by atoms with Crippen molar-refractivity contribution in [3.8, 4) is 0 Å². The van der Waals surface area contributed by atoms with Crippen molar-refractivity contribution in [1.82, 2.24) is 9.88 Å². The molecule has 0 saturated carbocycles. The molecule has 2 heterocycles. The molecular formula is C22H28N4OS+2. The molecule has 0 unspecified atom stereocenters. The summed E-state index contributed by atoms with van der Waals surface area (Å²) in [5.41, 5.74) is 2.22. The van der Waals surface area contributed by atoms with E-state index in [1.165, 1.54) is 14.6 Å². The first-order chi connectivity index (χ1) is 13.6. The number of carbonyl (C=O) groups excluding carboxylic acids is 1. The van der Waals surface area contributed by atoms with Gasteiger partial charge in [0.25, 0.3) is 5.91 Å². The first-order valence-electron chi connectivity index (χ1n) is 9.90. The minimum atomic E-state index is -0.111. The second-order valence-corrected chi connectivity index (χ2v) is 8.85. The second kappa shape index (κ2) is 8.39. The monoisotopic (exact) mass is 396 g/mol. The third-order valence-corrected chi connectivity index (χ3v) is 6.60. The Morgan fingerprint density at radius 3 is 2.39 bits per heavy atom. The van der Waals surface area contributed by atoms with Gasteiger partial charge >= 0.3 is 0 Å². The molecule has 5 nitrogen and oxygen atoms in total. The average Bonchev–Trinajstić information content (AvgIpc) is 3.12. The van der Waals surface area contributed by atoms with E-state index in [2.05, 4.69) is 30.3 Å². The molecule has 1 aliphatic heterocycles. The van der Waals surface area contributed by atoms with Crippen LogP contribution in [0, 0.1) is 0 Å². The topological polar surface area (TPSA) is 42.1 Å². The van der Waals surface area contributed by atoms with Gasteiger partial charge in [-0.15, -0.1) is 11.3 Å². The van der Waals surface area contributed by atoms with E-state index in [4.69, 9.17) is 4.98 Å². The number of piperazine rings is 1. The molecule has 1 aliphatic rings. The highest BCUT2D eigenvalue weighted by Crippen LogP contribution is 2.20. The maximum Gasteiger partial charge on any atom is 0.285 e. The van der Waals surface area contributed by atoms with Crippen molar-refractivity contribution in [2.75, 3.05) is 40.3 Å². The number of aromatic nitrogens is 1. The third-order valence-electron chi connectivity index (χ3n) is 5.57.